The van der Waals surface area contributed by atoms with Crippen molar-refractivity contribution in [2.24, 2.45) is 0 Å². The van der Waals surface area contributed by atoms with Gasteiger partial charge in [0.05, 0.1) is 12.0 Å². The van der Waals surface area contributed by atoms with E-state index in [-0.39, 0.29) is 12.1 Å². The van der Waals surface area contributed by atoms with Gasteiger partial charge >= 0.3 is 12.0 Å². The zero-order chi connectivity index (χ0) is 12.1. The fourth-order valence-electron chi connectivity index (χ4n) is 1.26. The Kier molecular flexibility index (Phi) is 4.88. The summed E-state index contributed by atoms with van der Waals surface area (Å²) in [6.07, 6.45) is -0.0810. The lowest BCUT2D eigenvalue weighted by Gasteiger charge is -2.21. The standard InChI is InChI=1S/C9H16N2O4S/c1-6(15-2)3-10-9(14)11-5-16-4-7(11)8(12)13/h6-7H,3-5H2,1-2H3,(H,10,14)(H,12,13)/t6?,7-/m0/s1. The van der Waals surface area contributed by atoms with E-state index in [1.807, 2.05) is 6.92 Å². The number of carbonyl (C=O) groups excluding carboxylic acids is 1. The van der Waals surface area contributed by atoms with E-state index >= 15 is 0 Å². The first-order chi connectivity index (χ1) is 7.56. The first-order valence-electron chi connectivity index (χ1n) is 4.94. The second kappa shape index (κ2) is 5.95. The van der Waals surface area contributed by atoms with Crippen LogP contribution in [0, 0.1) is 0 Å². The van der Waals surface area contributed by atoms with Crippen molar-refractivity contribution in [1.82, 2.24) is 10.2 Å². The lowest BCUT2D eigenvalue weighted by atomic mass is 10.3. The summed E-state index contributed by atoms with van der Waals surface area (Å²) in [6.45, 7) is 2.20. The Labute approximate surface area is 98.3 Å². The zero-order valence-electron chi connectivity index (χ0n) is 9.30. The molecule has 1 aliphatic heterocycles. The van der Waals surface area contributed by atoms with Gasteiger partial charge in [-0.15, -0.1) is 11.8 Å². The number of rotatable bonds is 4. The second-order valence-electron chi connectivity index (χ2n) is 3.56. The van der Waals surface area contributed by atoms with Gasteiger partial charge in [-0.3, -0.25) is 0 Å². The Balaban J connectivity index is 2.44. The molecule has 1 aliphatic rings. The number of aliphatic carboxylic acids is 1. The van der Waals surface area contributed by atoms with Crippen molar-refractivity contribution < 1.29 is 19.4 Å². The number of hydrogen-bond acceptors (Lipinski definition) is 4. The second-order valence-corrected chi connectivity index (χ2v) is 4.56. The number of amides is 2. The predicted octanol–water partition coefficient (Wildman–Crippen LogP) is 0.190. The minimum atomic E-state index is -0.958. The van der Waals surface area contributed by atoms with Crippen molar-refractivity contribution in [1.29, 1.82) is 0 Å². The van der Waals surface area contributed by atoms with Crippen LogP contribution in [0.2, 0.25) is 0 Å². The first-order valence-corrected chi connectivity index (χ1v) is 6.09. The number of hydrogen-bond donors (Lipinski definition) is 2. The van der Waals surface area contributed by atoms with Gasteiger partial charge in [0, 0.05) is 19.4 Å². The molecular weight excluding hydrogens is 232 g/mol. The molecule has 1 saturated heterocycles. The molecule has 2 atom stereocenters. The lowest BCUT2D eigenvalue weighted by Crippen LogP contribution is -2.48. The number of nitrogens with zero attached hydrogens (tertiary/aromatic N) is 1. The number of carboxylic acid groups (broad SMARTS) is 1. The molecule has 16 heavy (non-hydrogen) atoms. The Hall–Kier alpha value is -0.950. The summed E-state index contributed by atoms with van der Waals surface area (Å²) in [4.78, 5) is 23.8. The third-order valence-electron chi connectivity index (χ3n) is 2.37. The van der Waals surface area contributed by atoms with Gasteiger partial charge in [0.2, 0.25) is 0 Å². The summed E-state index contributed by atoms with van der Waals surface area (Å²) < 4.78 is 4.98. The molecule has 0 bridgehead atoms. The van der Waals surface area contributed by atoms with Crippen LogP contribution in [0.15, 0.2) is 0 Å². The molecule has 6 nitrogen and oxygen atoms in total. The largest absolute Gasteiger partial charge is 0.480 e. The number of ether oxygens (including phenoxy) is 1. The maximum Gasteiger partial charge on any atom is 0.327 e. The maximum absolute atomic E-state index is 11.7. The fraction of sp³-hybridized carbons (Fsp3) is 0.778. The fourth-order valence-corrected chi connectivity index (χ4v) is 2.41. The van der Waals surface area contributed by atoms with E-state index in [0.717, 1.165) is 0 Å². The number of urea groups is 1. The van der Waals surface area contributed by atoms with Crippen molar-refractivity contribution in [3.05, 3.63) is 0 Å². The van der Waals surface area contributed by atoms with E-state index < -0.39 is 12.0 Å². The van der Waals surface area contributed by atoms with Gasteiger partial charge in [-0.05, 0) is 6.92 Å². The molecule has 7 heteroatoms. The summed E-state index contributed by atoms with van der Waals surface area (Å²) in [6, 6.07) is -1.07. The van der Waals surface area contributed by atoms with Crippen LogP contribution in [0.5, 0.6) is 0 Å². The van der Waals surface area contributed by atoms with E-state index in [2.05, 4.69) is 5.32 Å². The number of methoxy groups -OCH3 is 1. The molecule has 2 N–H and O–H groups in total. The summed E-state index contributed by atoms with van der Waals surface area (Å²) >= 11 is 1.44. The molecule has 0 aromatic rings. The van der Waals surface area contributed by atoms with E-state index in [1.165, 1.54) is 16.7 Å². The van der Waals surface area contributed by atoms with Crippen molar-refractivity contribution in [2.45, 2.75) is 19.1 Å². The molecular formula is C9H16N2O4S. The lowest BCUT2D eigenvalue weighted by molar-refractivity contribution is -0.140. The highest BCUT2D eigenvalue weighted by molar-refractivity contribution is 7.99. The Morgan fingerprint density at radius 3 is 2.94 bits per heavy atom. The van der Waals surface area contributed by atoms with Gasteiger partial charge in [0.1, 0.15) is 6.04 Å². The molecule has 1 heterocycles. The molecule has 1 fully saturated rings. The molecule has 1 unspecified atom stereocenters. The number of carbonyl (C=O) groups is 2. The topological polar surface area (TPSA) is 78.9 Å². The van der Waals surface area contributed by atoms with Crippen molar-refractivity contribution in [3.8, 4) is 0 Å². The van der Waals surface area contributed by atoms with Crippen molar-refractivity contribution in [3.63, 3.8) is 0 Å². The molecule has 1 rings (SSSR count). The Bertz CT molecular complexity index is 274. The minimum Gasteiger partial charge on any atom is -0.480 e. The Morgan fingerprint density at radius 2 is 2.38 bits per heavy atom. The summed E-state index contributed by atoms with van der Waals surface area (Å²) in [7, 11) is 1.56. The van der Waals surface area contributed by atoms with Crippen LogP contribution in [0.1, 0.15) is 6.92 Å². The van der Waals surface area contributed by atoms with E-state index in [0.29, 0.717) is 18.2 Å². The predicted molar refractivity (Wildman–Crippen MR) is 60.5 cm³/mol. The molecule has 0 spiro atoms. The molecule has 0 aliphatic carbocycles. The van der Waals surface area contributed by atoms with Gasteiger partial charge in [0.15, 0.2) is 0 Å². The molecule has 2 amide bonds. The minimum absolute atomic E-state index is 0.0810. The number of carboxylic acids is 1. The van der Waals surface area contributed by atoms with E-state index in [4.69, 9.17) is 9.84 Å². The molecule has 92 valence electrons. The van der Waals surface area contributed by atoms with Crippen LogP contribution in [0.4, 0.5) is 4.79 Å². The summed E-state index contributed by atoms with van der Waals surface area (Å²) in [5.74, 6) is -0.0906. The smallest absolute Gasteiger partial charge is 0.327 e. The van der Waals surface area contributed by atoms with Crippen LogP contribution in [0.25, 0.3) is 0 Å². The SMILES string of the molecule is COC(C)CNC(=O)N1CSC[C@H]1C(=O)O. The van der Waals surface area contributed by atoms with Crippen LogP contribution < -0.4 is 5.32 Å². The van der Waals surface area contributed by atoms with Crippen molar-refractivity contribution >= 4 is 23.8 Å². The molecule has 0 saturated carbocycles. The Morgan fingerprint density at radius 1 is 1.69 bits per heavy atom. The zero-order valence-corrected chi connectivity index (χ0v) is 10.1. The summed E-state index contributed by atoms with van der Waals surface area (Å²) in [5.41, 5.74) is 0. The summed E-state index contributed by atoms with van der Waals surface area (Å²) in [5, 5.41) is 11.5. The van der Waals surface area contributed by atoms with Gasteiger partial charge in [0.25, 0.3) is 0 Å². The first kappa shape index (κ1) is 13.1. The highest BCUT2D eigenvalue weighted by Crippen LogP contribution is 2.20. The molecule has 0 radical (unpaired) electrons. The quantitative estimate of drug-likeness (QED) is 0.742. The number of nitrogens with one attached hydrogen (secondary N) is 1. The van der Waals surface area contributed by atoms with E-state index in [1.54, 1.807) is 7.11 Å². The third-order valence-corrected chi connectivity index (χ3v) is 3.38. The molecule has 0 aromatic carbocycles. The van der Waals surface area contributed by atoms with Crippen LogP contribution in [-0.2, 0) is 9.53 Å². The highest BCUT2D eigenvalue weighted by atomic mass is 32.2. The van der Waals surface area contributed by atoms with Crippen molar-refractivity contribution in [2.75, 3.05) is 25.3 Å². The average molecular weight is 248 g/mol. The van der Waals surface area contributed by atoms with E-state index in [9.17, 15) is 9.59 Å². The highest BCUT2D eigenvalue weighted by Gasteiger charge is 2.34. The maximum atomic E-state index is 11.7. The monoisotopic (exact) mass is 248 g/mol. The van der Waals surface area contributed by atoms with Crippen LogP contribution in [0.3, 0.4) is 0 Å². The van der Waals surface area contributed by atoms with Gasteiger partial charge < -0.3 is 20.1 Å². The van der Waals surface area contributed by atoms with Gasteiger partial charge in [-0.2, -0.15) is 0 Å². The average Bonchev–Trinajstić information content (AvgIpc) is 2.74. The van der Waals surface area contributed by atoms with Gasteiger partial charge in [-0.1, -0.05) is 0 Å². The van der Waals surface area contributed by atoms with Crippen LogP contribution in [-0.4, -0.2) is 59.4 Å². The normalized spacial score (nSPS) is 21.9. The van der Waals surface area contributed by atoms with Gasteiger partial charge in [-0.25, -0.2) is 9.59 Å². The molecule has 0 aromatic heterocycles. The van der Waals surface area contributed by atoms with Crippen LogP contribution >= 0.6 is 11.8 Å². The number of thioether (sulfide) groups is 1. The third kappa shape index (κ3) is 3.28.